The molecule has 0 saturated heterocycles. The van der Waals surface area contributed by atoms with Crippen molar-refractivity contribution in [2.45, 2.75) is 13.2 Å². The van der Waals surface area contributed by atoms with Crippen molar-refractivity contribution in [1.82, 2.24) is 15.2 Å². The quantitative estimate of drug-likeness (QED) is 0.136. The highest BCUT2D eigenvalue weighted by atomic mass is 35.5. The van der Waals surface area contributed by atoms with Crippen molar-refractivity contribution in [3.63, 3.8) is 0 Å². The Kier molecular flexibility index (Phi) is 9.12. The van der Waals surface area contributed by atoms with Crippen molar-refractivity contribution in [2.75, 3.05) is 7.11 Å². The minimum atomic E-state index is -0.894. The molecule has 0 unspecified atom stereocenters. The number of hydrogen-bond acceptors (Lipinski definition) is 9. The van der Waals surface area contributed by atoms with Crippen molar-refractivity contribution in [2.24, 2.45) is 5.10 Å². The van der Waals surface area contributed by atoms with E-state index >= 15 is 0 Å². The lowest BCUT2D eigenvalue weighted by Gasteiger charge is -2.11. The summed E-state index contributed by atoms with van der Waals surface area (Å²) in [5, 5.41) is 31.0. The van der Waals surface area contributed by atoms with Gasteiger partial charge < -0.3 is 9.47 Å². The lowest BCUT2D eigenvalue weighted by molar-refractivity contribution is -0.385. The fourth-order valence-electron chi connectivity index (χ4n) is 3.60. The van der Waals surface area contributed by atoms with E-state index in [-0.39, 0.29) is 18.8 Å². The zero-order valence-corrected chi connectivity index (χ0v) is 22.7. The molecule has 0 saturated carbocycles. The topological polar surface area (TPSA) is 164 Å². The van der Waals surface area contributed by atoms with Gasteiger partial charge in [-0.2, -0.15) is 10.2 Å². The highest BCUT2D eigenvalue weighted by Crippen LogP contribution is 2.28. The minimum absolute atomic E-state index is 0.0519. The van der Waals surface area contributed by atoms with Crippen LogP contribution in [0.4, 0.5) is 11.4 Å². The van der Waals surface area contributed by atoms with Crippen LogP contribution in [0, 0.1) is 20.2 Å². The number of benzene rings is 3. The summed E-state index contributed by atoms with van der Waals surface area (Å²) in [6.45, 7) is 0.234. The van der Waals surface area contributed by atoms with Crippen LogP contribution in [0.3, 0.4) is 0 Å². The Balaban J connectivity index is 1.41. The number of hydrogen-bond donors (Lipinski definition) is 1. The normalized spacial score (nSPS) is 10.9. The van der Waals surface area contributed by atoms with Gasteiger partial charge in [-0.15, -0.1) is 0 Å². The number of methoxy groups -OCH3 is 1. The number of carbonyl (C=O) groups excluding carboxylic acids is 1. The summed E-state index contributed by atoms with van der Waals surface area (Å²) >= 11 is 11.9. The van der Waals surface area contributed by atoms with E-state index in [0.29, 0.717) is 32.7 Å². The van der Waals surface area contributed by atoms with Crippen LogP contribution < -0.4 is 14.9 Å². The summed E-state index contributed by atoms with van der Waals surface area (Å²) in [4.78, 5) is 33.7. The van der Waals surface area contributed by atoms with Crippen LogP contribution in [-0.4, -0.2) is 38.9 Å². The van der Waals surface area contributed by atoms with Crippen molar-refractivity contribution >= 4 is 46.7 Å². The largest absolute Gasteiger partial charge is 0.496 e. The Bertz CT molecular complexity index is 1640. The van der Waals surface area contributed by atoms with E-state index in [2.05, 4.69) is 15.6 Å². The van der Waals surface area contributed by atoms with Crippen LogP contribution in [0.1, 0.15) is 27.2 Å². The van der Waals surface area contributed by atoms with E-state index in [1.807, 2.05) is 0 Å². The highest BCUT2D eigenvalue weighted by molar-refractivity contribution is 6.42. The Morgan fingerprint density at radius 1 is 1.05 bits per heavy atom. The van der Waals surface area contributed by atoms with Gasteiger partial charge in [0.25, 0.3) is 11.6 Å². The monoisotopic (exact) mass is 598 g/mol. The summed E-state index contributed by atoms with van der Waals surface area (Å²) in [7, 11) is 1.49. The van der Waals surface area contributed by atoms with Gasteiger partial charge in [0, 0.05) is 23.8 Å². The van der Waals surface area contributed by atoms with Gasteiger partial charge in [-0.3, -0.25) is 29.7 Å². The van der Waals surface area contributed by atoms with Crippen LogP contribution in [-0.2, 0) is 13.2 Å². The van der Waals surface area contributed by atoms with Crippen molar-refractivity contribution < 1.29 is 24.1 Å². The number of halogens is 2. The molecular formula is C26H20Cl2N6O7. The van der Waals surface area contributed by atoms with E-state index in [9.17, 15) is 25.0 Å². The predicted octanol–water partition coefficient (Wildman–Crippen LogP) is 5.41. The van der Waals surface area contributed by atoms with Crippen LogP contribution in [0.5, 0.6) is 11.5 Å². The van der Waals surface area contributed by atoms with Gasteiger partial charge in [0.2, 0.25) is 5.69 Å². The molecule has 1 N–H and O–H groups in total. The predicted molar refractivity (Wildman–Crippen MR) is 150 cm³/mol. The molecule has 1 heterocycles. The number of non-ortho nitro benzene ring substituents is 1. The molecule has 0 aliphatic rings. The van der Waals surface area contributed by atoms with Gasteiger partial charge in [0.1, 0.15) is 24.3 Å². The molecule has 41 heavy (non-hydrogen) atoms. The van der Waals surface area contributed by atoms with Crippen molar-refractivity contribution in [3.8, 4) is 11.5 Å². The first-order chi connectivity index (χ1) is 19.6. The fraction of sp³-hybridized carbons (Fsp3) is 0.115. The molecule has 0 fully saturated rings. The van der Waals surface area contributed by atoms with Gasteiger partial charge in [-0.05, 0) is 29.3 Å². The standard InChI is InChI=1S/C26H20Cl2N6O7/c1-40-24-10-17(2-5-18(24)15-41-20-8-9-21(27)22(28)11-20)12-29-30-26(35)25-23(34(38)39)14-32(31-25)13-16-3-6-19(7-4-16)33(36)37/h2-12,14H,13,15H2,1H3,(H,30,35)/b29-12+. The SMILES string of the molecule is COc1cc(/C=N/NC(=O)c2nn(Cc3ccc([N+](=O)[O-])cc3)cc2[N+](=O)[O-])ccc1COc1ccc(Cl)c(Cl)c1. The molecule has 0 spiro atoms. The van der Waals surface area contributed by atoms with Crippen LogP contribution in [0.25, 0.3) is 0 Å². The second-order valence-electron chi connectivity index (χ2n) is 8.38. The molecule has 0 radical (unpaired) electrons. The van der Waals surface area contributed by atoms with Crippen molar-refractivity contribution in [1.29, 1.82) is 0 Å². The molecule has 3 aromatic carbocycles. The molecule has 1 aromatic heterocycles. The summed E-state index contributed by atoms with van der Waals surface area (Å²) in [5.41, 5.74) is 3.07. The third-order valence-corrected chi connectivity index (χ3v) is 6.36. The lowest BCUT2D eigenvalue weighted by Crippen LogP contribution is -2.19. The number of carbonyl (C=O) groups is 1. The molecule has 1 amide bonds. The maximum Gasteiger partial charge on any atom is 0.320 e. The van der Waals surface area contributed by atoms with Gasteiger partial charge in [0.15, 0.2) is 0 Å². The zero-order chi connectivity index (χ0) is 29.5. The minimum Gasteiger partial charge on any atom is -0.496 e. The van der Waals surface area contributed by atoms with Crippen LogP contribution >= 0.6 is 23.2 Å². The van der Waals surface area contributed by atoms with Gasteiger partial charge in [0.05, 0.1) is 39.8 Å². The Morgan fingerprint density at radius 3 is 2.46 bits per heavy atom. The van der Waals surface area contributed by atoms with E-state index in [4.69, 9.17) is 32.7 Å². The van der Waals surface area contributed by atoms with Gasteiger partial charge >= 0.3 is 5.69 Å². The van der Waals surface area contributed by atoms with E-state index in [1.54, 1.807) is 36.4 Å². The number of nitrogens with one attached hydrogen (secondary N) is 1. The molecule has 4 rings (SSSR count). The maximum atomic E-state index is 12.6. The average molecular weight is 599 g/mol. The maximum absolute atomic E-state index is 12.6. The number of nitrogens with zero attached hydrogens (tertiary/aromatic N) is 5. The Labute approximate surface area is 242 Å². The van der Waals surface area contributed by atoms with E-state index < -0.39 is 27.1 Å². The first-order valence-electron chi connectivity index (χ1n) is 11.7. The lowest BCUT2D eigenvalue weighted by atomic mass is 10.1. The Morgan fingerprint density at radius 2 is 1.80 bits per heavy atom. The molecule has 0 bridgehead atoms. The first kappa shape index (κ1) is 29.0. The van der Waals surface area contributed by atoms with Crippen LogP contribution in [0.15, 0.2) is 72.0 Å². The van der Waals surface area contributed by atoms with Crippen molar-refractivity contribution in [3.05, 3.63) is 120 Å². The van der Waals surface area contributed by atoms with Gasteiger partial charge in [-0.1, -0.05) is 47.5 Å². The summed E-state index contributed by atoms with van der Waals surface area (Å²) < 4.78 is 12.4. The number of ether oxygens (including phenoxy) is 2. The summed E-state index contributed by atoms with van der Waals surface area (Å²) in [5.74, 6) is 0.133. The third kappa shape index (κ3) is 7.35. The second-order valence-corrected chi connectivity index (χ2v) is 9.19. The molecule has 0 aliphatic carbocycles. The number of nitro benzene ring substituents is 1. The average Bonchev–Trinajstić information content (AvgIpc) is 3.38. The second kappa shape index (κ2) is 12.9. The molecule has 0 aliphatic heterocycles. The van der Waals surface area contributed by atoms with E-state index in [0.717, 1.165) is 11.8 Å². The highest BCUT2D eigenvalue weighted by Gasteiger charge is 2.25. The third-order valence-electron chi connectivity index (χ3n) is 5.62. The van der Waals surface area contributed by atoms with E-state index in [1.165, 1.54) is 42.3 Å². The van der Waals surface area contributed by atoms with Gasteiger partial charge in [-0.25, -0.2) is 5.43 Å². The number of hydrazone groups is 1. The number of aromatic nitrogens is 2. The smallest absolute Gasteiger partial charge is 0.320 e. The number of nitro groups is 2. The molecule has 4 aromatic rings. The zero-order valence-electron chi connectivity index (χ0n) is 21.2. The molecule has 0 atom stereocenters. The number of rotatable bonds is 11. The molecule has 210 valence electrons. The Hall–Kier alpha value is -5.01. The fourth-order valence-corrected chi connectivity index (χ4v) is 3.89. The first-order valence-corrected chi connectivity index (χ1v) is 12.4. The summed E-state index contributed by atoms with van der Waals surface area (Å²) in [6, 6.07) is 15.7. The summed E-state index contributed by atoms with van der Waals surface area (Å²) in [6.07, 6.45) is 2.44. The molecular weight excluding hydrogens is 579 g/mol. The molecule has 15 heteroatoms. The molecule has 13 nitrogen and oxygen atoms in total. The van der Waals surface area contributed by atoms with Crippen LogP contribution in [0.2, 0.25) is 10.0 Å². The number of amides is 1.